The van der Waals surface area contributed by atoms with Crippen LogP contribution in [0.1, 0.15) is 51.2 Å². The lowest BCUT2D eigenvalue weighted by Crippen LogP contribution is -2.18. The Hall–Kier alpha value is -2.86. The Morgan fingerprint density at radius 2 is 1.94 bits per heavy atom. The molecule has 1 aromatic heterocycles. The zero-order valence-corrected chi connectivity index (χ0v) is 20.5. The molecule has 178 valence electrons. The Labute approximate surface area is 204 Å². The summed E-state index contributed by atoms with van der Waals surface area (Å²) in [7, 11) is 0. The van der Waals surface area contributed by atoms with Gasteiger partial charge in [0.2, 0.25) is 0 Å². The number of fused-ring (bicyclic) bond motifs is 3. The molecule has 3 unspecified atom stereocenters. The molecule has 7 heteroatoms. The fourth-order valence-corrected chi connectivity index (χ4v) is 5.31. The van der Waals surface area contributed by atoms with E-state index in [1.165, 1.54) is 11.2 Å². The quantitative estimate of drug-likeness (QED) is 0.359. The number of aromatic nitrogens is 3. The Balaban J connectivity index is 1.35. The highest BCUT2D eigenvalue weighted by Gasteiger charge is 2.36. The average Bonchev–Trinajstić information content (AvgIpc) is 3.51. The summed E-state index contributed by atoms with van der Waals surface area (Å²) in [4.78, 5) is 13.9. The molecule has 0 saturated heterocycles. The van der Waals surface area contributed by atoms with E-state index in [0.717, 1.165) is 17.5 Å². The van der Waals surface area contributed by atoms with Crippen molar-refractivity contribution in [2.24, 2.45) is 17.8 Å². The Bertz CT molecular complexity index is 1270. The maximum absolute atomic E-state index is 12.5. The van der Waals surface area contributed by atoms with Crippen LogP contribution in [0.4, 0.5) is 0 Å². The van der Waals surface area contributed by atoms with Crippen LogP contribution in [0.15, 0.2) is 42.5 Å². The van der Waals surface area contributed by atoms with Gasteiger partial charge in [-0.1, -0.05) is 50.6 Å². The molecule has 1 fully saturated rings. The van der Waals surface area contributed by atoms with Crippen molar-refractivity contribution in [3.63, 3.8) is 0 Å². The van der Waals surface area contributed by atoms with E-state index < -0.39 is 0 Å². The van der Waals surface area contributed by atoms with Gasteiger partial charge in [0.15, 0.2) is 0 Å². The van der Waals surface area contributed by atoms with E-state index in [4.69, 9.17) is 16.3 Å². The fraction of sp³-hybridized carbons (Fsp3) is 0.444. The van der Waals surface area contributed by atoms with Gasteiger partial charge in [-0.3, -0.25) is 4.79 Å². The molecule has 3 aromatic rings. The fourth-order valence-electron chi connectivity index (χ4n) is 5.15. The standard InChI is InChI=1S/C27H30ClN3O3/c1-27(2,3)21-12-17(5-9-25(32)34-15-19-11-16-4-6-18(19)10-16)13-24(26(21)33)31-29-22-8-7-20(28)14-23(22)30-31/h4,6-8,12-14,16,18-19,33H,5,9-11,15H2,1-3H3. The van der Waals surface area contributed by atoms with Gasteiger partial charge >= 0.3 is 5.97 Å². The van der Waals surface area contributed by atoms with Gasteiger partial charge < -0.3 is 9.84 Å². The number of esters is 1. The molecule has 3 atom stereocenters. The third-order valence-corrected chi connectivity index (χ3v) is 7.24. The number of phenols is 1. The molecule has 0 radical (unpaired) electrons. The summed E-state index contributed by atoms with van der Waals surface area (Å²) in [5.41, 5.74) is 3.22. The highest BCUT2D eigenvalue weighted by Crippen LogP contribution is 2.43. The predicted octanol–water partition coefficient (Wildman–Crippen LogP) is 5.77. The SMILES string of the molecule is CC(C)(C)c1cc(CCC(=O)OCC2CC3C=CC2C3)cc(-n2nc3ccc(Cl)cc3n2)c1O. The summed E-state index contributed by atoms with van der Waals surface area (Å²) in [6.07, 6.45) is 7.70. The van der Waals surface area contributed by atoms with Gasteiger partial charge in [-0.25, -0.2) is 0 Å². The van der Waals surface area contributed by atoms with Gasteiger partial charge in [-0.2, -0.15) is 0 Å². The molecule has 2 aromatic carbocycles. The van der Waals surface area contributed by atoms with Crippen LogP contribution >= 0.6 is 11.6 Å². The molecule has 5 rings (SSSR count). The first kappa shape index (κ1) is 22.9. The highest BCUT2D eigenvalue weighted by molar-refractivity contribution is 6.31. The number of nitrogens with zero attached hydrogens (tertiary/aromatic N) is 3. The van der Waals surface area contributed by atoms with Crippen LogP contribution in [0.2, 0.25) is 5.02 Å². The zero-order valence-electron chi connectivity index (χ0n) is 19.8. The number of halogens is 1. The minimum Gasteiger partial charge on any atom is -0.505 e. The summed E-state index contributed by atoms with van der Waals surface area (Å²) in [5, 5.41) is 20.7. The summed E-state index contributed by atoms with van der Waals surface area (Å²) < 4.78 is 5.62. The number of phenolic OH excluding ortho intramolecular Hbond substituents is 1. The molecule has 34 heavy (non-hydrogen) atoms. The zero-order chi connectivity index (χ0) is 24.0. The first-order valence-electron chi connectivity index (χ1n) is 11.9. The maximum atomic E-state index is 12.5. The third-order valence-electron chi connectivity index (χ3n) is 7.01. The molecular weight excluding hydrogens is 450 g/mol. The number of hydrogen-bond acceptors (Lipinski definition) is 5. The van der Waals surface area contributed by atoms with Crippen LogP contribution in [0, 0.1) is 17.8 Å². The number of allylic oxidation sites excluding steroid dienone is 2. The predicted molar refractivity (Wildman–Crippen MR) is 132 cm³/mol. The maximum Gasteiger partial charge on any atom is 0.306 e. The minimum absolute atomic E-state index is 0.134. The molecular formula is C27H30ClN3O3. The average molecular weight is 480 g/mol. The molecule has 6 nitrogen and oxygen atoms in total. The van der Waals surface area contributed by atoms with Crippen LogP contribution in [-0.2, 0) is 21.4 Å². The monoisotopic (exact) mass is 479 g/mol. The lowest BCUT2D eigenvalue weighted by Gasteiger charge is -2.23. The Morgan fingerprint density at radius 3 is 2.65 bits per heavy atom. The summed E-state index contributed by atoms with van der Waals surface area (Å²) in [6.45, 7) is 6.63. The molecule has 2 bridgehead atoms. The smallest absolute Gasteiger partial charge is 0.306 e. The van der Waals surface area contributed by atoms with Gasteiger partial charge in [-0.05, 0) is 72.3 Å². The van der Waals surface area contributed by atoms with E-state index in [1.54, 1.807) is 18.2 Å². The van der Waals surface area contributed by atoms with Crippen molar-refractivity contribution in [2.75, 3.05) is 6.61 Å². The number of hydrogen-bond donors (Lipinski definition) is 1. The van der Waals surface area contributed by atoms with E-state index in [-0.39, 0.29) is 23.6 Å². The van der Waals surface area contributed by atoms with Crippen LogP contribution in [0.5, 0.6) is 5.75 Å². The first-order chi connectivity index (χ1) is 16.2. The lowest BCUT2D eigenvalue weighted by atomic mass is 9.84. The summed E-state index contributed by atoms with van der Waals surface area (Å²) in [5.74, 6) is 1.65. The van der Waals surface area contributed by atoms with E-state index in [9.17, 15) is 9.90 Å². The van der Waals surface area contributed by atoms with Crippen molar-refractivity contribution in [1.29, 1.82) is 0 Å². The molecule has 0 aliphatic heterocycles. The topological polar surface area (TPSA) is 77.2 Å². The normalized spacial score (nSPS) is 21.5. The number of rotatable bonds is 6. The van der Waals surface area contributed by atoms with Gasteiger partial charge in [0.25, 0.3) is 0 Å². The van der Waals surface area contributed by atoms with Crippen molar-refractivity contribution in [3.05, 3.63) is 58.6 Å². The second-order valence-electron chi connectivity index (χ2n) is 10.6. The Morgan fingerprint density at radius 1 is 1.15 bits per heavy atom. The first-order valence-corrected chi connectivity index (χ1v) is 12.3. The number of carbonyl (C=O) groups is 1. The van der Waals surface area contributed by atoms with Crippen molar-refractivity contribution in [3.8, 4) is 11.4 Å². The van der Waals surface area contributed by atoms with E-state index in [0.29, 0.717) is 52.5 Å². The number of aromatic hydroxyl groups is 1. The molecule has 1 N–H and O–H groups in total. The second-order valence-corrected chi connectivity index (χ2v) is 11.0. The van der Waals surface area contributed by atoms with Crippen molar-refractivity contribution in [1.82, 2.24) is 15.0 Å². The molecule has 2 aliphatic rings. The lowest BCUT2D eigenvalue weighted by molar-refractivity contribution is -0.145. The van der Waals surface area contributed by atoms with E-state index >= 15 is 0 Å². The van der Waals surface area contributed by atoms with Gasteiger partial charge in [0, 0.05) is 17.0 Å². The van der Waals surface area contributed by atoms with Crippen molar-refractivity contribution < 1.29 is 14.6 Å². The van der Waals surface area contributed by atoms with Gasteiger partial charge in [0.05, 0.1) is 6.61 Å². The molecule has 1 heterocycles. The number of benzene rings is 2. The molecule has 0 spiro atoms. The summed E-state index contributed by atoms with van der Waals surface area (Å²) in [6, 6.07) is 9.12. The Kier molecular flexibility index (Phi) is 5.88. The summed E-state index contributed by atoms with van der Waals surface area (Å²) >= 11 is 6.10. The van der Waals surface area contributed by atoms with Crippen LogP contribution in [-0.4, -0.2) is 32.7 Å². The van der Waals surface area contributed by atoms with Crippen molar-refractivity contribution in [2.45, 2.75) is 51.9 Å². The number of aryl methyl sites for hydroxylation is 1. The van der Waals surface area contributed by atoms with Crippen molar-refractivity contribution >= 4 is 28.6 Å². The van der Waals surface area contributed by atoms with E-state index in [1.807, 2.05) is 32.9 Å². The number of carbonyl (C=O) groups excluding carboxylic acids is 1. The molecule has 0 amide bonds. The van der Waals surface area contributed by atoms with Gasteiger partial charge in [-0.15, -0.1) is 15.0 Å². The number of ether oxygens (including phenoxy) is 1. The second kappa shape index (κ2) is 8.73. The van der Waals surface area contributed by atoms with E-state index in [2.05, 4.69) is 22.3 Å². The molecule has 2 aliphatic carbocycles. The highest BCUT2D eigenvalue weighted by atomic mass is 35.5. The largest absolute Gasteiger partial charge is 0.505 e. The van der Waals surface area contributed by atoms with Gasteiger partial charge in [0.1, 0.15) is 22.5 Å². The van der Waals surface area contributed by atoms with Crippen LogP contribution in [0.25, 0.3) is 16.7 Å². The van der Waals surface area contributed by atoms with Crippen LogP contribution < -0.4 is 0 Å². The third kappa shape index (κ3) is 4.56. The molecule has 1 saturated carbocycles. The minimum atomic E-state index is -0.305. The van der Waals surface area contributed by atoms with Crippen LogP contribution in [0.3, 0.4) is 0 Å².